The molecule has 1 unspecified atom stereocenters. The molecule has 3 heteroatoms. The normalized spacial score (nSPS) is 14.2. The second-order valence-electron chi connectivity index (χ2n) is 6.11. The molecule has 1 atom stereocenters. The highest BCUT2D eigenvalue weighted by Crippen LogP contribution is 2.25. The van der Waals surface area contributed by atoms with Crippen LogP contribution in [0.15, 0.2) is 16.7 Å². The van der Waals surface area contributed by atoms with Gasteiger partial charge in [-0.05, 0) is 32.0 Å². The summed E-state index contributed by atoms with van der Waals surface area (Å²) in [5.41, 5.74) is 1.55. The van der Waals surface area contributed by atoms with E-state index in [0.29, 0.717) is 6.04 Å². The van der Waals surface area contributed by atoms with Crippen LogP contribution in [0.5, 0.6) is 0 Å². The zero-order chi connectivity index (χ0) is 13.8. The van der Waals surface area contributed by atoms with Crippen LogP contribution < -0.4 is 5.32 Å². The van der Waals surface area contributed by atoms with E-state index in [-0.39, 0.29) is 5.41 Å². The molecule has 0 fully saturated rings. The molecule has 0 saturated heterocycles. The number of rotatable bonds is 6. The summed E-state index contributed by atoms with van der Waals surface area (Å²) in [6, 6.07) is 2.57. The SMILES string of the molecule is CCNCc1ccoc1CN(C)C(C)C(C)(C)C. The van der Waals surface area contributed by atoms with Crippen molar-refractivity contribution in [3.05, 3.63) is 23.7 Å². The van der Waals surface area contributed by atoms with Crippen molar-refractivity contribution in [1.29, 1.82) is 0 Å². The average Bonchev–Trinajstić information content (AvgIpc) is 2.71. The van der Waals surface area contributed by atoms with Crippen LogP contribution in [0.2, 0.25) is 0 Å². The first kappa shape index (κ1) is 15.3. The van der Waals surface area contributed by atoms with E-state index in [1.807, 2.05) is 0 Å². The summed E-state index contributed by atoms with van der Waals surface area (Å²) in [7, 11) is 2.16. The molecule has 104 valence electrons. The van der Waals surface area contributed by atoms with Gasteiger partial charge in [0, 0.05) is 18.2 Å². The average molecular weight is 252 g/mol. The van der Waals surface area contributed by atoms with Crippen molar-refractivity contribution in [3.63, 3.8) is 0 Å². The molecular weight excluding hydrogens is 224 g/mol. The Morgan fingerprint density at radius 1 is 1.39 bits per heavy atom. The Balaban J connectivity index is 2.64. The smallest absolute Gasteiger partial charge is 0.122 e. The van der Waals surface area contributed by atoms with E-state index in [0.717, 1.165) is 25.4 Å². The van der Waals surface area contributed by atoms with Gasteiger partial charge in [-0.1, -0.05) is 27.7 Å². The molecule has 1 heterocycles. The van der Waals surface area contributed by atoms with Gasteiger partial charge < -0.3 is 9.73 Å². The molecule has 0 spiro atoms. The van der Waals surface area contributed by atoms with Gasteiger partial charge in [0.05, 0.1) is 12.8 Å². The molecule has 0 saturated carbocycles. The van der Waals surface area contributed by atoms with Gasteiger partial charge >= 0.3 is 0 Å². The predicted octanol–water partition coefficient (Wildman–Crippen LogP) is 3.26. The van der Waals surface area contributed by atoms with Gasteiger partial charge in [0.15, 0.2) is 0 Å². The Kier molecular flexibility index (Phi) is 5.42. The Bertz CT molecular complexity index is 352. The number of nitrogens with one attached hydrogen (secondary N) is 1. The zero-order valence-corrected chi connectivity index (χ0v) is 12.7. The van der Waals surface area contributed by atoms with Crippen LogP contribution >= 0.6 is 0 Å². The zero-order valence-electron chi connectivity index (χ0n) is 12.7. The summed E-state index contributed by atoms with van der Waals surface area (Å²) in [5, 5.41) is 3.35. The minimum atomic E-state index is 0.281. The summed E-state index contributed by atoms with van der Waals surface area (Å²) < 4.78 is 5.61. The van der Waals surface area contributed by atoms with Crippen molar-refractivity contribution < 1.29 is 4.42 Å². The maximum Gasteiger partial charge on any atom is 0.122 e. The van der Waals surface area contributed by atoms with Gasteiger partial charge in [-0.25, -0.2) is 0 Å². The lowest BCUT2D eigenvalue weighted by Gasteiger charge is -2.35. The molecule has 0 bridgehead atoms. The molecule has 0 radical (unpaired) electrons. The number of nitrogens with zero attached hydrogens (tertiary/aromatic N) is 1. The largest absolute Gasteiger partial charge is 0.468 e. The Morgan fingerprint density at radius 3 is 2.61 bits per heavy atom. The standard InChI is InChI=1S/C15H28N2O/c1-7-16-10-13-8-9-18-14(13)11-17(6)12(2)15(3,4)5/h8-9,12,16H,7,10-11H2,1-6H3. The molecule has 18 heavy (non-hydrogen) atoms. The minimum absolute atomic E-state index is 0.281. The molecule has 0 aliphatic rings. The molecule has 0 aliphatic carbocycles. The summed E-state index contributed by atoms with van der Waals surface area (Å²) in [4.78, 5) is 2.36. The van der Waals surface area contributed by atoms with Crippen LogP contribution in [0, 0.1) is 5.41 Å². The van der Waals surface area contributed by atoms with Crippen molar-refractivity contribution >= 4 is 0 Å². The van der Waals surface area contributed by atoms with Crippen LogP contribution in [0.3, 0.4) is 0 Å². The number of furan rings is 1. The summed E-state index contributed by atoms with van der Waals surface area (Å²) in [6.07, 6.45) is 1.79. The highest BCUT2D eigenvalue weighted by molar-refractivity contribution is 5.16. The van der Waals surface area contributed by atoms with Crippen LogP contribution in [0.25, 0.3) is 0 Å². The highest BCUT2D eigenvalue weighted by atomic mass is 16.3. The quantitative estimate of drug-likeness (QED) is 0.842. The van der Waals surface area contributed by atoms with E-state index in [4.69, 9.17) is 4.42 Å². The lowest BCUT2D eigenvalue weighted by atomic mass is 9.87. The molecule has 0 aliphatic heterocycles. The first-order valence-electron chi connectivity index (χ1n) is 6.82. The van der Waals surface area contributed by atoms with E-state index in [2.05, 4.69) is 57.9 Å². The van der Waals surface area contributed by atoms with Crippen LogP contribution in [-0.4, -0.2) is 24.5 Å². The third kappa shape index (κ3) is 4.14. The van der Waals surface area contributed by atoms with Crippen LogP contribution in [-0.2, 0) is 13.1 Å². The lowest BCUT2D eigenvalue weighted by molar-refractivity contribution is 0.126. The second kappa shape index (κ2) is 6.39. The molecule has 0 amide bonds. The fourth-order valence-corrected chi connectivity index (χ4v) is 1.95. The number of hydrogen-bond donors (Lipinski definition) is 1. The third-order valence-electron chi connectivity index (χ3n) is 3.71. The maximum atomic E-state index is 5.61. The summed E-state index contributed by atoms with van der Waals surface area (Å²) in [6.45, 7) is 14.0. The molecule has 1 rings (SSSR count). The highest BCUT2D eigenvalue weighted by Gasteiger charge is 2.24. The van der Waals surface area contributed by atoms with Gasteiger partial charge in [0.1, 0.15) is 5.76 Å². The third-order valence-corrected chi connectivity index (χ3v) is 3.71. The van der Waals surface area contributed by atoms with Gasteiger partial charge in [0.2, 0.25) is 0 Å². The van der Waals surface area contributed by atoms with Crippen molar-refractivity contribution in [2.45, 2.75) is 53.8 Å². The molecule has 3 nitrogen and oxygen atoms in total. The van der Waals surface area contributed by atoms with Crippen molar-refractivity contribution in [2.24, 2.45) is 5.41 Å². The second-order valence-corrected chi connectivity index (χ2v) is 6.11. The Hall–Kier alpha value is -0.800. The fraction of sp³-hybridized carbons (Fsp3) is 0.733. The van der Waals surface area contributed by atoms with Crippen LogP contribution in [0.4, 0.5) is 0 Å². The van der Waals surface area contributed by atoms with Gasteiger partial charge in [-0.2, -0.15) is 0 Å². The van der Waals surface area contributed by atoms with Crippen molar-refractivity contribution in [1.82, 2.24) is 10.2 Å². The first-order valence-corrected chi connectivity index (χ1v) is 6.82. The Labute approximate surface area is 112 Å². The minimum Gasteiger partial charge on any atom is -0.468 e. The Morgan fingerprint density at radius 2 is 2.06 bits per heavy atom. The van der Waals surface area contributed by atoms with Gasteiger partial charge in [0.25, 0.3) is 0 Å². The molecule has 0 aromatic carbocycles. The van der Waals surface area contributed by atoms with Crippen LogP contribution in [0.1, 0.15) is 45.9 Å². The first-order chi connectivity index (χ1) is 8.36. The predicted molar refractivity (Wildman–Crippen MR) is 76.5 cm³/mol. The van der Waals surface area contributed by atoms with E-state index in [1.165, 1.54) is 5.56 Å². The number of hydrogen-bond acceptors (Lipinski definition) is 3. The van der Waals surface area contributed by atoms with Gasteiger partial charge in [-0.3, -0.25) is 4.90 Å². The topological polar surface area (TPSA) is 28.4 Å². The molecule has 1 N–H and O–H groups in total. The lowest BCUT2D eigenvalue weighted by Crippen LogP contribution is -2.38. The van der Waals surface area contributed by atoms with Gasteiger partial charge in [-0.15, -0.1) is 0 Å². The monoisotopic (exact) mass is 252 g/mol. The van der Waals surface area contributed by atoms with E-state index in [1.54, 1.807) is 6.26 Å². The van der Waals surface area contributed by atoms with E-state index >= 15 is 0 Å². The molecule has 1 aromatic rings. The molecular formula is C15H28N2O. The van der Waals surface area contributed by atoms with Crippen molar-refractivity contribution in [3.8, 4) is 0 Å². The summed E-state index contributed by atoms with van der Waals surface area (Å²) in [5.74, 6) is 1.08. The van der Waals surface area contributed by atoms with E-state index < -0.39 is 0 Å². The fourth-order valence-electron chi connectivity index (χ4n) is 1.95. The van der Waals surface area contributed by atoms with Crippen molar-refractivity contribution in [2.75, 3.05) is 13.6 Å². The van der Waals surface area contributed by atoms with E-state index in [9.17, 15) is 0 Å². The summed E-state index contributed by atoms with van der Waals surface area (Å²) >= 11 is 0. The molecule has 1 aromatic heterocycles. The maximum absolute atomic E-state index is 5.61.